The molecule has 0 fully saturated rings. The summed E-state index contributed by atoms with van der Waals surface area (Å²) in [6.07, 6.45) is -0.251. The van der Waals surface area contributed by atoms with Crippen LogP contribution >= 0.6 is 0 Å². The van der Waals surface area contributed by atoms with Crippen molar-refractivity contribution in [3.63, 3.8) is 0 Å². The topological polar surface area (TPSA) is 84.9 Å². The maximum Gasteiger partial charge on any atom is 0.335 e. The molecular weight excluding hydrogens is 396 g/mol. The summed E-state index contributed by atoms with van der Waals surface area (Å²) in [4.78, 5) is 39.7. The molecule has 4 rings (SSSR count). The Morgan fingerprint density at radius 1 is 0.903 bits per heavy atom. The van der Waals surface area contributed by atoms with E-state index in [1.165, 1.54) is 4.90 Å². The number of para-hydroxylation sites is 4. The monoisotopic (exact) mass is 416 g/mol. The van der Waals surface area contributed by atoms with Gasteiger partial charge in [-0.3, -0.25) is 14.5 Å². The number of esters is 1. The predicted octanol–water partition coefficient (Wildman–Crippen LogP) is 3.42. The summed E-state index contributed by atoms with van der Waals surface area (Å²) in [5, 5.41) is 2.74. The summed E-state index contributed by atoms with van der Waals surface area (Å²) >= 11 is 0. The highest BCUT2D eigenvalue weighted by molar-refractivity contribution is 6.06. The van der Waals surface area contributed by atoms with Gasteiger partial charge in [-0.1, -0.05) is 48.5 Å². The van der Waals surface area contributed by atoms with Crippen LogP contribution in [0.3, 0.4) is 0 Å². The number of nitrogens with zero attached hydrogens (tertiary/aromatic N) is 1. The van der Waals surface area contributed by atoms with Crippen molar-refractivity contribution < 1.29 is 23.9 Å². The molecule has 1 N–H and O–H groups in total. The van der Waals surface area contributed by atoms with E-state index in [-0.39, 0.29) is 18.8 Å². The minimum atomic E-state index is -1.11. The van der Waals surface area contributed by atoms with Gasteiger partial charge in [-0.15, -0.1) is 0 Å². The van der Waals surface area contributed by atoms with Gasteiger partial charge >= 0.3 is 5.97 Å². The van der Waals surface area contributed by atoms with Gasteiger partial charge in [0.1, 0.15) is 11.8 Å². The van der Waals surface area contributed by atoms with Crippen molar-refractivity contribution in [3.05, 3.63) is 84.9 Å². The molecule has 1 heterocycles. The zero-order chi connectivity index (χ0) is 21.6. The Hall–Kier alpha value is -4.13. The SMILES string of the molecule is O=C(C[C@H]1C(=O)Oc2ccccc2N1C(=O)COc1ccccc1)Nc1ccccc1. The van der Waals surface area contributed by atoms with E-state index in [1.54, 1.807) is 72.8 Å². The molecule has 7 nitrogen and oxygen atoms in total. The highest BCUT2D eigenvalue weighted by Gasteiger charge is 2.40. The molecule has 0 unspecified atom stereocenters. The number of nitrogens with one attached hydrogen (secondary N) is 1. The minimum Gasteiger partial charge on any atom is -0.484 e. The van der Waals surface area contributed by atoms with Crippen LogP contribution in [-0.2, 0) is 14.4 Å². The fourth-order valence-corrected chi connectivity index (χ4v) is 3.32. The molecule has 0 radical (unpaired) electrons. The Kier molecular flexibility index (Phi) is 5.93. The summed E-state index contributed by atoms with van der Waals surface area (Å²) in [6, 6.07) is 23.4. The number of fused-ring (bicyclic) bond motifs is 1. The molecule has 0 saturated carbocycles. The normalized spacial score (nSPS) is 14.9. The molecule has 0 bridgehead atoms. The average molecular weight is 416 g/mol. The summed E-state index contributed by atoms with van der Waals surface area (Å²) in [7, 11) is 0. The fraction of sp³-hybridized carbons (Fsp3) is 0.125. The molecule has 3 aromatic rings. The lowest BCUT2D eigenvalue weighted by Crippen LogP contribution is -2.52. The molecule has 1 aliphatic rings. The van der Waals surface area contributed by atoms with E-state index in [4.69, 9.17) is 9.47 Å². The lowest BCUT2D eigenvalue weighted by molar-refractivity contribution is -0.140. The number of hydrogen-bond acceptors (Lipinski definition) is 5. The standard InChI is InChI=1S/C24H20N2O5/c27-22(25-17-9-3-1-4-10-17)15-20-24(29)31-21-14-8-7-13-19(21)26(20)23(28)16-30-18-11-5-2-6-12-18/h1-14,20H,15-16H2,(H,25,27)/t20-/m0/s1. The number of ether oxygens (including phenoxy) is 2. The second-order valence-corrected chi connectivity index (χ2v) is 6.89. The molecule has 156 valence electrons. The zero-order valence-electron chi connectivity index (χ0n) is 16.6. The third-order valence-corrected chi connectivity index (χ3v) is 4.73. The Balaban J connectivity index is 1.55. The largest absolute Gasteiger partial charge is 0.484 e. The van der Waals surface area contributed by atoms with Crippen molar-refractivity contribution in [2.75, 3.05) is 16.8 Å². The van der Waals surface area contributed by atoms with Crippen LogP contribution in [0.2, 0.25) is 0 Å². The molecular formula is C24H20N2O5. The van der Waals surface area contributed by atoms with Crippen LogP contribution < -0.4 is 19.7 Å². The highest BCUT2D eigenvalue weighted by atomic mass is 16.5. The van der Waals surface area contributed by atoms with Crippen molar-refractivity contribution in [2.45, 2.75) is 12.5 Å². The third kappa shape index (κ3) is 4.72. The first-order chi connectivity index (χ1) is 15.1. The Morgan fingerprint density at radius 3 is 2.29 bits per heavy atom. The number of carbonyl (C=O) groups excluding carboxylic acids is 3. The van der Waals surface area contributed by atoms with Gasteiger partial charge in [0.25, 0.3) is 5.91 Å². The highest BCUT2D eigenvalue weighted by Crippen LogP contribution is 2.35. The molecule has 3 aromatic carbocycles. The Labute approximate surface area is 179 Å². The van der Waals surface area contributed by atoms with Gasteiger partial charge in [-0.05, 0) is 36.4 Å². The number of amides is 2. The first-order valence-electron chi connectivity index (χ1n) is 9.77. The number of benzene rings is 3. The molecule has 31 heavy (non-hydrogen) atoms. The van der Waals surface area contributed by atoms with Gasteiger partial charge in [0, 0.05) is 5.69 Å². The fourth-order valence-electron chi connectivity index (χ4n) is 3.32. The molecule has 0 aromatic heterocycles. The second kappa shape index (κ2) is 9.13. The molecule has 0 saturated heterocycles. The van der Waals surface area contributed by atoms with E-state index in [9.17, 15) is 14.4 Å². The maximum absolute atomic E-state index is 13.1. The van der Waals surface area contributed by atoms with E-state index < -0.39 is 23.8 Å². The second-order valence-electron chi connectivity index (χ2n) is 6.89. The van der Waals surface area contributed by atoms with E-state index in [0.29, 0.717) is 17.1 Å². The lowest BCUT2D eigenvalue weighted by atomic mass is 10.1. The molecule has 2 amide bonds. The quantitative estimate of drug-likeness (QED) is 0.492. The summed E-state index contributed by atoms with van der Waals surface area (Å²) < 4.78 is 11.0. The smallest absolute Gasteiger partial charge is 0.335 e. The van der Waals surface area contributed by atoms with Crippen LogP contribution in [0, 0.1) is 0 Å². The van der Waals surface area contributed by atoms with Crippen LogP contribution in [-0.4, -0.2) is 30.4 Å². The zero-order valence-corrected chi connectivity index (χ0v) is 16.6. The molecule has 7 heteroatoms. The Morgan fingerprint density at radius 2 is 1.55 bits per heavy atom. The van der Waals surface area contributed by atoms with E-state index in [0.717, 1.165) is 0 Å². The van der Waals surface area contributed by atoms with Crippen molar-refractivity contribution in [1.29, 1.82) is 0 Å². The summed E-state index contributed by atoms with van der Waals surface area (Å²) in [5.41, 5.74) is 1.02. The lowest BCUT2D eigenvalue weighted by Gasteiger charge is -2.34. The van der Waals surface area contributed by atoms with Gasteiger partial charge < -0.3 is 14.8 Å². The number of hydrogen-bond donors (Lipinski definition) is 1. The van der Waals surface area contributed by atoms with Crippen molar-refractivity contribution in [2.24, 2.45) is 0 Å². The minimum absolute atomic E-state index is 0.251. The maximum atomic E-state index is 13.1. The number of anilines is 2. The van der Waals surface area contributed by atoms with Crippen molar-refractivity contribution >= 4 is 29.2 Å². The first-order valence-corrected chi connectivity index (χ1v) is 9.77. The van der Waals surface area contributed by atoms with Gasteiger partial charge in [0.2, 0.25) is 5.91 Å². The van der Waals surface area contributed by atoms with Crippen LogP contribution in [0.4, 0.5) is 11.4 Å². The summed E-state index contributed by atoms with van der Waals surface area (Å²) in [6.45, 7) is -0.289. The molecule has 0 spiro atoms. The summed E-state index contributed by atoms with van der Waals surface area (Å²) in [5.74, 6) is -0.739. The predicted molar refractivity (Wildman–Crippen MR) is 115 cm³/mol. The van der Waals surface area contributed by atoms with Gasteiger partial charge in [-0.2, -0.15) is 0 Å². The van der Waals surface area contributed by atoms with E-state index >= 15 is 0 Å². The third-order valence-electron chi connectivity index (χ3n) is 4.73. The van der Waals surface area contributed by atoms with Gasteiger partial charge in [0.15, 0.2) is 12.4 Å². The van der Waals surface area contributed by atoms with Crippen molar-refractivity contribution in [3.8, 4) is 11.5 Å². The van der Waals surface area contributed by atoms with E-state index in [1.807, 2.05) is 12.1 Å². The number of carbonyl (C=O) groups is 3. The van der Waals surface area contributed by atoms with E-state index in [2.05, 4.69) is 5.32 Å². The van der Waals surface area contributed by atoms with Crippen molar-refractivity contribution in [1.82, 2.24) is 0 Å². The Bertz CT molecular complexity index is 1090. The molecule has 1 aliphatic heterocycles. The van der Waals surface area contributed by atoms with Crippen LogP contribution in [0.15, 0.2) is 84.9 Å². The van der Waals surface area contributed by atoms with Crippen LogP contribution in [0.25, 0.3) is 0 Å². The molecule has 1 atom stereocenters. The average Bonchev–Trinajstić information content (AvgIpc) is 2.79. The van der Waals surface area contributed by atoms with Crippen LogP contribution in [0.1, 0.15) is 6.42 Å². The van der Waals surface area contributed by atoms with Gasteiger partial charge in [-0.25, -0.2) is 4.79 Å². The van der Waals surface area contributed by atoms with Gasteiger partial charge in [0.05, 0.1) is 12.1 Å². The van der Waals surface area contributed by atoms with Crippen LogP contribution in [0.5, 0.6) is 11.5 Å². The number of rotatable bonds is 6. The first kappa shape index (κ1) is 20.2. The molecule has 0 aliphatic carbocycles.